The van der Waals surface area contributed by atoms with Crippen LogP contribution in [0.1, 0.15) is 40.0 Å². The minimum atomic E-state index is -0.879. The minimum Gasteiger partial charge on any atom is -0.481 e. The molecule has 0 bridgehead atoms. The molecule has 1 rings (SSSR count). The van der Waals surface area contributed by atoms with Gasteiger partial charge in [0.15, 0.2) is 0 Å². The van der Waals surface area contributed by atoms with Gasteiger partial charge in [0.1, 0.15) is 0 Å². The zero-order valence-electron chi connectivity index (χ0n) is 11.3. The fourth-order valence-electron chi connectivity index (χ4n) is 2.40. The van der Waals surface area contributed by atoms with Crippen LogP contribution in [0.2, 0.25) is 0 Å². The highest BCUT2D eigenvalue weighted by Gasteiger charge is 2.32. The Hall–Kier alpha value is -1.10. The Kier molecular flexibility index (Phi) is 4.73. The number of carboxylic acid groups (broad SMARTS) is 1. The Morgan fingerprint density at radius 1 is 1.39 bits per heavy atom. The number of aliphatic carboxylic acids is 1. The monoisotopic (exact) mass is 257 g/mol. The van der Waals surface area contributed by atoms with Crippen molar-refractivity contribution in [3.63, 3.8) is 0 Å². The van der Waals surface area contributed by atoms with E-state index in [1.807, 2.05) is 0 Å². The lowest BCUT2D eigenvalue weighted by Crippen LogP contribution is -2.34. The molecule has 2 unspecified atom stereocenters. The second-order valence-corrected chi connectivity index (χ2v) is 6.04. The van der Waals surface area contributed by atoms with Crippen LogP contribution in [0.25, 0.3) is 0 Å². The van der Waals surface area contributed by atoms with Crippen molar-refractivity contribution in [3.05, 3.63) is 0 Å². The Balaban J connectivity index is 2.49. The summed E-state index contributed by atoms with van der Waals surface area (Å²) in [4.78, 5) is 24.5. The molecule has 1 amide bonds. The van der Waals surface area contributed by atoms with Gasteiger partial charge in [-0.2, -0.15) is 0 Å². The number of amides is 1. The van der Waals surface area contributed by atoms with E-state index in [1.54, 1.807) is 25.7 Å². The second kappa shape index (κ2) is 5.69. The molecular formula is C13H23NO4. The first-order chi connectivity index (χ1) is 8.21. The van der Waals surface area contributed by atoms with Crippen molar-refractivity contribution < 1.29 is 19.8 Å². The number of likely N-dealkylation sites (tertiary alicyclic amines) is 1. The molecule has 2 atom stereocenters. The zero-order chi connectivity index (χ0) is 13.9. The van der Waals surface area contributed by atoms with Gasteiger partial charge in [-0.05, 0) is 18.8 Å². The van der Waals surface area contributed by atoms with Gasteiger partial charge < -0.3 is 15.1 Å². The Morgan fingerprint density at radius 2 is 2.00 bits per heavy atom. The summed E-state index contributed by atoms with van der Waals surface area (Å²) >= 11 is 0. The van der Waals surface area contributed by atoms with Gasteiger partial charge in [-0.25, -0.2) is 0 Å². The molecule has 0 aromatic carbocycles. The molecule has 5 heteroatoms. The van der Waals surface area contributed by atoms with Crippen LogP contribution in [0.5, 0.6) is 0 Å². The standard InChI is InChI=1S/C13H23NO4/c1-9(15)10-4-5-14(8-10)11(16)6-13(2,3)7-12(17)18/h9-10,15H,4-8H2,1-3H3,(H,17,18). The number of hydrogen-bond acceptors (Lipinski definition) is 3. The molecule has 104 valence electrons. The Bertz CT molecular complexity index is 325. The van der Waals surface area contributed by atoms with Crippen molar-refractivity contribution in [1.29, 1.82) is 0 Å². The molecule has 0 aliphatic carbocycles. The number of aliphatic hydroxyl groups is 1. The maximum atomic E-state index is 12.1. The van der Waals surface area contributed by atoms with E-state index in [-0.39, 0.29) is 24.7 Å². The van der Waals surface area contributed by atoms with E-state index >= 15 is 0 Å². The summed E-state index contributed by atoms with van der Waals surface area (Å²) in [5.41, 5.74) is -0.522. The third-order valence-corrected chi connectivity index (χ3v) is 3.52. The van der Waals surface area contributed by atoms with Gasteiger partial charge in [-0.1, -0.05) is 13.8 Å². The molecule has 0 spiro atoms. The SMILES string of the molecule is CC(O)C1CCN(C(=O)CC(C)(C)CC(=O)O)C1. The van der Waals surface area contributed by atoms with Crippen molar-refractivity contribution in [1.82, 2.24) is 4.90 Å². The third kappa shape index (κ3) is 4.29. The highest BCUT2D eigenvalue weighted by atomic mass is 16.4. The summed E-state index contributed by atoms with van der Waals surface area (Å²) < 4.78 is 0. The van der Waals surface area contributed by atoms with E-state index < -0.39 is 17.5 Å². The number of nitrogens with zero attached hydrogens (tertiary/aromatic N) is 1. The largest absolute Gasteiger partial charge is 0.481 e. The van der Waals surface area contributed by atoms with E-state index in [2.05, 4.69) is 0 Å². The topological polar surface area (TPSA) is 77.8 Å². The number of carboxylic acids is 1. The summed E-state index contributed by atoms with van der Waals surface area (Å²) in [6, 6.07) is 0. The van der Waals surface area contributed by atoms with Gasteiger partial charge in [-0.15, -0.1) is 0 Å². The number of rotatable bonds is 5. The van der Waals surface area contributed by atoms with E-state index in [1.165, 1.54) is 0 Å². The van der Waals surface area contributed by atoms with Crippen molar-refractivity contribution >= 4 is 11.9 Å². The normalized spacial score (nSPS) is 22.0. The lowest BCUT2D eigenvalue weighted by molar-refractivity contribution is -0.140. The van der Waals surface area contributed by atoms with Crippen LogP contribution >= 0.6 is 0 Å². The minimum absolute atomic E-state index is 0.00753. The van der Waals surface area contributed by atoms with Gasteiger partial charge in [0, 0.05) is 25.4 Å². The molecule has 1 saturated heterocycles. The summed E-state index contributed by atoms with van der Waals surface area (Å²) in [7, 11) is 0. The zero-order valence-corrected chi connectivity index (χ0v) is 11.3. The number of carbonyl (C=O) groups excluding carboxylic acids is 1. The van der Waals surface area contributed by atoms with E-state index in [4.69, 9.17) is 5.11 Å². The molecule has 18 heavy (non-hydrogen) atoms. The second-order valence-electron chi connectivity index (χ2n) is 6.04. The molecule has 2 N–H and O–H groups in total. The highest BCUT2D eigenvalue weighted by Crippen LogP contribution is 2.28. The lowest BCUT2D eigenvalue weighted by Gasteiger charge is -2.25. The van der Waals surface area contributed by atoms with Crippen molar-refractivity contribution in [3.8, 4) is 0 Å². The smallest absolute Gasteiger partial charge is 0.303 e. The summed E-state index contributed by atoms with van der Waals surface area (Å²) in [6.45, 7) is 6.58. The molecule has 0 radical (unpaired) electrons. The average Bonchev–Trinajstić information content (AvgIpc) is 2.62. The summed E-state index contributed by atoms with van der Waals surface area (Å²) in [5.74, 6) is -0.739. The quantitative estimate of drug-likeness (QED) is 0.773. The number of carbonyl (C=O) groups is 2. The van der Waals surface area contributed by atoms with Gasteiger partial charge in [0.05, 0.1) is 12.5 Å². The van der Waals surface area contributed by atoms with Crippen molar-refractivity contribution in [2.45, 2.75) is 46.1 Å². The molecule has 1 aliphatic heterocycles. The molecule has 0 aromatic rings. The molecule has 5 nitrogen and oxygen atoms in total. The van der Waals surface area contributed by atoms with Gasteiger partial charge in [0.2, 0.25) is 5.91 Å². The predicted octanol–water partition coefficient (Wildman–Crippen LogP) is 1.11. The number of hydrogen-bond donors (Lipinski definition) is 2. The van der Waals surface area contributed by atoms with Crippen LogP contribution in [0, 0.1) is 11.3 Å². The summed E-state index contributed by atoms with van der Waals surface area (Å²) in [6.07, 6.45) is 0.663. The number of aliphatic hydroxyl groups excluding tert-OH is 1. The summed E-state index contributed by atoms with van der Waals surface area (Å²) in [5, 5.41) is 18.3. The fraction of sp³-hybridized carbons (Fsp3) is 0.846. The molecule has 0 saturated carbocycles. The maximum absolute atomic E-state index is 12.1. The molecule has 0 aromatic heterocycles. The van der Waals surface area contributed by atoms with Crippen LogP contribution in [0.15, 0.2) is 0 Å². The molecule has 1 aliphatic rings. The highest BCUT2D eigenvalue weighted by molar-refractivity contribution is 5.78. The first-order valence-corrected chi connectivity index (χ1v) is 6.39. The van der Waals surface area contributed by atoms with Crippen molar-refractivity contribution in [2.24, 2.45) is 11.3 Å². The van der Waals surface area contributed by atoms with E-state index in [9.17, 15) is 14.7 Å². The fourth-order valence-corrected chi connectivity index (χ4v) is 2.40. The van der Waals surface area contributed by atoms with Crippen LogP contribution in [-0.2, 0) is 9.59 Å². The van der Waals surface area contributed by atoms with Gasteiger partial charge in [0.25, 0.3) is 0 Å². The van der Waals surface area contributed by atoms with Gasteiger partial charge >= 0.3 is 5.97 Å². The van der Waals surface area contributed by atoms with Crippen LogP contribution < -0.4 is 0 Å². The third-order valence-electron chi connectivity index (χ3n) is 3.52. The van der Waals surface area contributed by atoms with E-state index in [0.29, 0.717) is 13.1 Å². The van der Waals surface area contributed by atoms with Crippen LogP contribution in [0.4, 0.5) is 0 Å². The van der Waals surface area contributed by atoms with Crippen LogP contribution in [0.3, 0.4) is 0 Å². The molecule has 1 fully saturated rings. The van der Waals surface area contributed by atoms with E-state index in [0.717, 1.165) is 6.42 Å². The Morgan fingerprint density at radius 3 is 2.44 bits per heavy atom. The first kappa shape index (κ1) is 15.0. The molecular weight excluding hydrogens is 234 g/mol. The van der Waals surface area contributed by atoms with Gasteiger partial charge in [-0.3, -0.25) is 9.59 Å². The molecule has 1 heterocycles. The van der Waals surface area contributed by atoms with Crippen molar-refractivity contribution in [2.75, 3.05) is 13.1 Å². The predicted molar refractivity (Wildman–Crippen MR) is 67.0 cm³/mol. The lowest BCUT2D eigenvalue weighted by atomic mass is 9.85. The average molecular weight is 257 g/mol. The maximum Gasteiger partial charge on any atom is 0.303 e. The first-order valence-electron chi connectivity index (χ1n) is 6.39. The van der Waals surface area contributed by atoms with Crippen LogP contribution in [-0.4, -0.2) is 46.2 Å². The Labute approximate surface area is 108 Å².